The molecule has 1 aliphatic rings. The van der Waals surface area contributed by atoms with Crippen molar-refractivity contribution < 1.29 is 32.8 Å². The van der Waals surface area contributed by atoms with Gasteiger partial charge in [0.2, 0.25) is 29.5 Å². The van der Waals surface area contributed by atoms with E-state index >= 15 is 0 Å². The van der Waals surface area contributed by atoms with E-state index in [-0.39, 0.29) is 44.0 Å². The van der Waals surface area contributed by atoms with Crippen molar-refractivity contribution in [3.8, 4) is 0 Å². The van der Waals surface area contributed by atoms with Gasteiger partial charge in [-0.05, 0) is 30.9 Å². The van der Waals surface area contributed by atoms with Crippen LogP contribution in [0.3, 0.4) is 0 Å². The highest BCUT2D eigenvalue weighted by molar-refractivity contribution is 5.94. The van der Waals surface area contributed by atoms with E-state index in [0.29, 0.717) is 0 Å². The maximum Gasteiger partial charge on any atom is 0.245 e. The minimum absolute atomic E-state index is 0.000536. The highest BCUT2D eigenvalue weighted by Crippen LogP contribution is 2.15. The number of amides is 5. The Kier molecular flexibility index (Phi) is 11.7. The molecule has 0 radical (unpaired) electrons. The van der Waals surface area contributed by atoms with Gasteiger partial charge in [0.15, 0.2) is 11.6 Å². The lowest BCUT2D eigenvalue weighted by atomic mass is 10.0. The molecular formula is C31H39F2N5O5. The molecule has 1 saturated heterocycles. The van der Waals surface area contributed by atoms with Crippen molar-refractivity contribution in [3.05, 3.63) is 71.3 Å². The van der Waals surface area contributed by atoms with E-state index in [9.17, 15) is 32.8 Å². The van der Waals surface area contributed by atoms with Gasteiger partial charge >= 0.3 is 0 Å². The molecule has 5 amide bonds. The summed E-state index contributed by atoms with van der Waals surface area (Å²) < 4.78 is 28.2. The van der Waals surface area contributed by atoms with Crippen LogP contribution in [0, 0.1) is 17.6 Å². The van der Waals surface area contributed by atoms with Crippen molar-refractivity contribution in [3.63, 3.8) is 0 Å². The third-order valence-corrected chi connectivity index (χ3v) is 7.34. The van der Waals surface area contributed by atoms with Crippen molar-refractivity contribution in [2.24, 2.45) is 5.92 Å². The number of benzene rings is 2. The zero-order chi connectivity index (χ0) is 31.7. The van der Waals surface area contributed by atoms with Crippen molar-refractivity contribution in [1.82, 2.24) is 25.8 Å². The fourth-order valence-corrected chi connectivity index (χ4v) is 4.83. The number of carbonyl (C=O) groups excluding carboxylic acids is 5. The van der Waals surface area contributed by atoms with Crippen molar-refractivity contribution in [2.45, 2.75) is 58.2 Å². The second-order valence-electron chi connectivity index (χ2n) is 11.0. The molecule has 3 rings (SSSR count). The maximum atomic E-state index is 14.4. The molecule has 3 N–H and O–H groups in total. The van der Waals surface area contributed by atoms with Gasteiger partial charge in [-0.2, -0.15) is 0 Å². The van der Waals surface area contributed by atoms with Crippen LogP contribution in [0.15, 0.2) is 48.5 Å². The Morgan fingerprint density at radius 2 is 1.67 bits per heavy atom. The fourth-order valence-electron chi connectivity index (χ4n) is 4.83. The summed E-state index contributed by atoms with van der Waals surface area (Å²) >= 11 is 0. The second-order valence-corrected chi connectivity index (χ2v) is 11.0. The average molecular weight is 600 g/mol. The third-order valence-electron chi connectivity index (χ3n) is 7.34. The van der Waals surface area contributed by atoms with Gasteiger partial charge in [-0.25, -0.2) is 8.78 Å². The van der Waals surface area contributed by atoms with Gasteiger partial charge in [0.05, 0.1) is 13.0 Å². The standard InChI is InChI=1S/C31H39F2N5O5/c1-19(2)28-31(43)37(4)18-25(39)35-24(16-21-10-6-5-7-11-21)30(42)34-14-9-15-38(20(3)29(41)36-28)26(40)17-22-12-8-13-23(32)27(22)33/h5-8,10-13,19-20,24,28H,9,14-18H2,1-4H3,(H,34,42)(H,35,39)(H,36,41)/t20-,24+,28+/m1/s1. The largest absolute Gasteiger partial charge is 0.354 e. The molecule has 1 aliphatic heterocycles. The zero-order valence-corrected chi connectivity index (χ0v) is 24.9. The zero-order valence-electron chi connectivity index (χ0n) is 24.9. The van der Waals surface area contributed by atoms with E-state index in [4.69, 9.17) is 0 Å². The molecule has 0 aromatic heterocycles. The molecule has 10 nitrogen and oxygen atoms in total. The number of rotatable bonds is 5. The summed E-state index contributed by atoms with van der Waals surface area (Å²) in [6.07, 6.45) is -0.0579. The molecule has 3 atom stereocenters. The minimum atomic E-state index is -1.14. The van der Waals surface area contributed by atoms with Crippen LogP contribution in [0.4, 0.5) is 8.78 Å². The Labute approximate surface area is 250 Å². The molecule has 43 heavy (non-hydrogen) atoms. The van der Waals surface area contributed by atoms with E-state index in [1.54, 1.807) is 13.8 Å². The lowest BCUT2D eigenvalue weighted by Crippen LogP contribution is -2.58. The molecule has 232 valence electrons. The molecular weight excluding hydrogens is 560 g/mol. The fraction of sp³-hybridized carbons (Fsp3) is 0.452. The minimum Gasteiger partial charge on any atom is -0.354 e. The molecule has 2 aromatic rings. The van der Waals surface area contributed by atoms with E-state index < -0.39 is 65.7 Å². The van der Waals surface area contributed by atoms with Gasteiger partial charge in [0.1, 0.15) is 18.1 Å². The Morgan fingerprint density at radius 1 is 0.977 bits per heavy atom. The summed E-state index contributed by atoms with van der Waals surface area (Å²) in [5.41, 5.74) is 0.661. The lowest BCUT2D eigenvalue weighted by molar-refractivity contribution is -0.143. The Bertz CT molecular complexity index is 1320. The number of likely N-dealkylation sites (N-methyl/N-ethyl adjacent to an activating group) is 1. The molecule has 1 fully saturated rings. The molecule has 12 heteroatoms. The monoisotopic (exact) mass is 599 g/mol. The van der Waals surface area contributed by atoms with Crippen LogP contribution in [-0.2, 0) is 36.8 Å². The highest BCUT2D eigenvalue weighted by atomic mass is 19.2. The van der Waals surface area contributed by atoms with Crippen LogP contribution in [-0.4, -0.2) is 84.1 Å². The first-order valence-corrected chi connectivity index (χ1v) is 14.3. The maximum absolute atomic E-state index is 14.4. The van der Waals surface area contributed by atoms with Crippen LogP contribution in [0.2, 0.25) is 0 Å². The first-order chi connectivity index (χ1) is 20.4. The summed E-state index contributed by atoms with van der Waals surface area (Å²) in [6.45, 7) is 4.70. The molecule has 0 saturated carbocycles. The molecule has 1 heterocycles. The van der Waals surface area contributed by atoms with E-state index in [1.165, 1.54) is 35.9 Å². The SMILES string of the molecule is CC(C)[C@@H]1NC(=O)[C@@H](C)N(C(=O)Cc2cccc(F)c2F)CCCNC(=O)[C@H](Cc2ccccc2)NC(=O)CN(C)C1=O. The average Bonchev–Trinajstić information content (AvgIpc) is 2.96. The summed E-state index contributed by atoms with van der Waals surface area (Å²) in [4.78, 5) is 68.5. The normalized spacial score (nSPS) is 21.3. The Balaban J connectivity index is 1.89. The van der Waals surface area contributed by atoms with Crippen LogP contribution in [0.25, 0.3) is 0 Å². The molecule has 0 spiro atoms. The van der Waals surface area contributed by atoms with Crippen LogP contribution >= 0.6 is 0 Å². The van der Waals surface area contributed by atoms with Crippen LogP contribution in [0.1, 0.15) is 38.3 Å². The Morgan fingerprint density at radius 3 is 2.35 bits per heavy atom. The molecule has 2 aromatic carbocycles. The van der Waals surface area contributed by atoms with E-state index in [0.717, 1.165) is 11.6 Å². The molecule has 0 unspecified atom stereocenters. The number of carbonyl (C=O) groups is 5. The summed E-state index contributed by atoms with van der Waals surface area (Å²) in [5, 5.41) is 8.18. The van der Waals surface area contributed by atoms with Gasteiger partial charge in [-0.15, -0.1) is 0 Å². The molecule has 0 aliphatic carbocycles. The topological polar surface area (TPSA) is 128 Å². The van der Waals surface area contributed by atoms with Gasteiger partial charge < -0.3 is 25.8 Å². The number of hydrogen-bond acceptors (Lipinski definition) is 5. The Hall–Kier alpha value is -4.35. The quantitative estimate of drug-likeness (QED) is 0.481. The number of hydrogen-bond donors (Lipinski definition) is 3. The van der Waals surface area contributed by atoms with Gasteiger partial charge in [-0.3, -0.25) is 24.0 Å². The van der Waals surface area contributed by atoms with Crippen LogP contribution < -0.4 is 16.0 Å². The van der Waals surface area contributed by atoms with Crippen molar-refractivity contribution in [2.75, 3.05) is 26.7 Å². The number of nitrogens with one attached hydrogen (secondary N) is 3. The summed E-state index contributed by atoms with van der Waals surface area (Å²) in [5.74, 6) is -5.38. The second kappa shape index (κ2) is 15.2. The van der Waals surface area contributed by atoms with Gasteiger partial charge in [-0.1, -0.05) is 56.3 Å². The lowest BCUT2D eigenvalue weighted by Gasteiger charge is -2.32. The number of halogens is 2. The van der Waals surface area contributed by atoms with Gasteiger partial charge in [0, 0.05) is 32.1 Å². The predicted octanol–water partition coefficient (Wildman–Crippen LogP) is 1.57. The smallest absolute Gasteiger partial charge is 0.245 e. The first kappa shape index (κ1) is 33.2. The first-order valence-electron chi connectivity index (χ1n) is 14.3. The van der Waals surface area contributed by atoms with Crippen molar-refractivity contribution >= 4 is 29.5 Å². The predicted molar refractivity (Wildman–Crippen MR) is 155 cm³/mol. The van der Waals surface area contributed by atoms with Crippen molar-refractivity contribution in [1.29, 1.82) is 0 Å². The van der Waals surface area contributed by atoms with E-state index in [1.807, 2.05) is 30.3 Å². The summed E-state index contributed by atoms with van der Waals surface area (Å²) in [7, 11) is 1.42. The van der Waals surface area contributed by atoms with Gasteiger partial charge in [0.25, 0.3) is 0 Å². The number of nitrogens with zero attached hydrogens (tertiary/aromatic N) is 2. The van der Waals surface area contributed by atoms with E-state index in [2.05, 4.69) is 16.0 Å². The highest BCUT2D eigenvalue weighted by Gasteiger charge is 2.33. The van der Waals surface area contributed by atoms with Crippen LogP contribution in [0.5, 0.6) is 0 Å². The summed E-state index contributed by atoms with van der Waals surface area (Å²) in [6, 6.07) is 9.64. The third kappa shape index (κ3) is 9.07. The molecule has 0 bridgehead atoms.